The lowest BCUT2D eigenvalue weighted by Gasteiger charge is -2.06. The molecular weight excluding hydrogens is 152 g/mol. The third kappa shape index (κ3) is 1.49. The summed E-state index contributed by atoms with van der Waals surface area (Å²) in [5, 5.41) is 17.9. The number of aromatic amines is 1. The molecule has 1 heterocycles. The highest BCUT2D eigenvalue weighted by Crippen LogP contribution is 2.23. The van der Waals surface area contributed by atoms with E-state index in [9.17, 15) is 5.11 Å². The van der Waals surface area contributed by atoms with Crippen molar-refractivity contribution < 1.29 is 5.11 Å². The third-order valence-corrected chi connectivity index (χ3v) is 1.95. The van der Waals surface area contributed by atoms with Crippen LogP contribution in [-0.2, 0) is 0 Å². The summed E-state index contributed by atoms with van der Waals surface area (Å²) in [6.45, 7) is 3.81. The Balaban J connectivity index is 2.94. The number of nitrogens with one attached hydrogen (secondary N) is 1. The highest BCUT2D eigenvalue weighted by molar-refractivity contribution is 5.31. The first-order chi connectivity index (χ1) is 5.66. The van der Waals surface area contributed by atoms with Gasteiger partial charge in [-0.2, -0.15) is 5.26 Å². The van der Waals surface area contributed by atoms with E-state index >= 15 is 0 Å². The molecule has 0 aliphatic rings. The molecule has 3 heteroatoms. The highest BCUT2D eigenvalue weighted by Gasteiger charge is 2.13. The quantitative estimate of drug-likeness (QED) is 0.697. The van der Waals surface area contributed by atoms with Gasteiger partial charge in [0.15, 0.2) is 0 Å². The number of hydrogen-bond donors (Lipinski definition) is 2. The molecule has 1 aromatic rings. The maximum Gasteiger partial charge on any atom is 0.0939 e. The predicted molar refractivity (Wildman–Crippen MR) is 45.5 cm³/mol. The van der Waals surface area contributed by atoms with Crippen LogP contribution in [-0.4, -0.2) is 10.1 Å². The minimum absolute atomic E-state index is 0.152. The summed E-state index contributed by atoms with van der Waals surface area (Å²) in [7, 11) is 0. The van der Waals surface area contributed by atoms with Crippen LogP contribution in [0.3, 0.4) is 0 Å². The summed E-state index contributed by atoms with van der Waals surface area (Å²) in [4.78, 5) is 3.01. The minimum atomic E-state index is -0.652. The van der Waals surface area contributed by atoms with Gasteiger partial charge in [-0.15, -0.1) is 0 Å². The van der Waals surface area contributed by atoms with Crippen LogP contribution in [0.1, 0.15) is 29.3 Å². The van der Waals surface area contributed by atoms with Crippen molar-refractivity contribution in [2.75, 3.05) is 0 Å². The van der Waals surface area contributed by atoms with Crippen molar-refractivity contribution >= 4 is 0 Å². The fourth-order valence-electron chi connectivity index (χ4n) is 1.37. The van der Waals surface area contributed by atoms with Gasteiger partial charge in [0.25, 0.3) is 0 Å². The lowest BCUT2D eigenvalue weighted by atomic mass is 10.0. The van der Waals surface area contributed by atoms with Crippen LogP contribution >= 0.6 is 0 Å². The molecule has 64 valence electrons. The number of rotatable bonds is 2. The average Bonchev–Trinajstić information content (AvgIpc) is 2.32. The fraction of sp³-hybridized carbons (Fsp3) is 0.444. The molecule has 0 fully saturated rings. The predicted octanol–water partition coefficient (Wildman–Crippen LogP) is 1.58. The van der Waals surface area contributed by atoms with E-state index < -0.39 is 6.10 Å². The number of H-pyrrole nitrogens is 1. The zero-order chi connectivity index (χ0) is 9.14. The van der Waals surface area contributed by atoms with Crippen LogP contribution in [0.5, 0.6) is 0 Å². The van der Waals surface area contributed by atoms with Gasteiger partial charge in [0.05, 0.1) is 18.6 Å². The summed E-state index contributed by atoms with van der Waals surface area (Å²) in [6, 6.07) is 1.95. The summed E-state index contributed by atoms with van der Waals surface area (Å²) in [5.41, 5.74) is 2.81. The lowest BCUT2D eigenvalue weighted by molar-refractivity contribution is 0.182. The van der Waals surface area contributed by atoms with Crippen LogP contribution in [0.2, 0.25) is 0 Å². The first-order valence-corrected chi connectivity index (χ1v) is 3.86. The largest absolute Gasteiger partial charge is 0.387 e. The molecule has 0 aliphatic heterocycles. The number of nitriles is 1. The van der Waals surface area contributed by atoms with Gasteiger partial charge < -0.3 is 10.1 Å². The van der Waals surface area contributed by atoms with Crippen LogP contribution in [0.15, 0.2) is 6.20 Å². The Kier molecular flexibility index (Phi) is 2.51. The molecule has 0 bridgehead atoms. The molecule has 0 saturated carbocycles. The SMILES string of the molecule is Cc1c[nH]c(C)c1C(O)CC#N. The zero-order valence-electron chi connectivity index (χ0n) is 7.26. The van der Waals surface area contributed by atoms with Crippen molar-refractivity contribution in [3.63, 3.8) is 0 Å². The van der Waals surface area contributed by atoms with E-state index in [0.29, 0.717) is 0 Å². The topological polar surface area (TPSA) is 59.8 Å². The van der Waals surface area contributed by atoms with E-state index in [-0.39, 0.29) is 6.42 Å². The molecule has 0 aliphatic carbocycles. The average molecular weight is 164 g/mol. The van der Waals surface area contributed by atoms with Crippen LogP contribution in [0.4, 0.5) is 0 Å². The van der Waals surface area contributed by atoms with Crippen LogP contribution in [0.25, 0.3) is 0 Å². The summed E-state index contributed by atoms with van der Waals surface area (Å²) in [5.74, 6) is 0. The Hall–Kier alpha value is -1.27. The van der Waals surface area contributed by atoms with Crippen molar-refractivity contribution in [1.82, 2.24) is 4.98 Å². The number of hydrogen-bond acceptors (Lipinski definition) is 2. The molecule has 0 amide bonds. The van der Waals surface area contributed by atoms with E-state index in [1.165, 1.54) is 0 Å². The van der Waals surface area contributed by atoms with E-state index in [2.05, 4.69) is 4.98 Å². The standard InChI is InChI=1S/C9H12N2O/c1-6-5-11-7(2)9(6)8(12)3-4-10/h5,8,11-12H,3H2,1-2H3. The van der Waals surface area contributed by atoms with Crippen LogP contribution < -0.4 is 0 Å². The Morgan fingerprint density at radius 3 is 2.75 bits per heavy atom. The van der Waals surface area contributed by atoms with E-state index in [0.717, 1.165) is 16.8 Å². The molecule has 0 saturated heterocycles. The minimum Gasteiger partial charge on any atom is -0.387 e. The Bertz CT molecular complexity index is 289. The maximum atomic E-state index is 9.53. The molecule has 0 radical (unpaired) electrons. The molecule has 1 rings (SSSR count). The second kappa shape index (κ2) is 3.42. The first-order valence-electron chi connectivity index (χ1n) is 3.86. The second-order valence-corrected chi connectivity index (χ2v) is 2.89. The van der Waals surface area contributed by atoms with Gasteiger partial charge in [-0.05, 0) is 19.4 Å². The number of aromatic nitrogens is 1. The zero-order valence-corrected chi connectivity index (χ0v) is 7.26. The van der Waals surface area contributed by atoms with Crippen molar-refractivity contribution in [3.8, 4) is 6.07 Å². The molecule has 1 atom stereocenters. The number of nitrogens with zero attached hydrogens (tertiary/aromatic N) is 1. The maximum absolute atomic E-state index is 9.53. The normalized spacial score (nSPS) is 12.5. The lowest BCUT2D eigenvalue weighted by Crippen LogP contribution is -1.98. The van der Waals surface area contributed by atoms with Crippen molar-refractivity contribution in [3.05, 3.63) is 23.0 Å². The fourth-order valence-corrected chi connectivity index (χ4v) is 1.37. The second-order valence-electron chi connectivity index (χ2n) is 2.89. The Morgan fingerprint density at radius 1 is 1.67 bits per heavy atom. The van der Waals surface area contributed by atoms with Gasteiger partial charge in [-0.25, -0.2) is 0 Å². The molecule has 0 aromatic carbocycles. The molecule has 1 aromatic heterocycles. The number of aryl methyl sites for hydroxylation is 2. The monoisotopic (exact) mass is 164 g/mol. The van der Waals surface area contributed by atoms with Crippen molar-refractivity contribution in [1.29, 1.82) is 5.26 Å². The smallest absolute Gasteiger partial charge is 0.0939 e. The van der Waals surface area contributed by atoms with E-state index in [1.807, 2.05) is 26.1 Å². The van der Waals surface area contributed by atoms with Crippen LogP contribution in [0, 0.1) is 25.2 Å². The van der Waals surface area contributed by atoms with Gasteiger partial charge in [0.1, 0.15) is 0 Å². The van der Waals surface area contributed by atoms with Gasteiger partial charge in [0, 0.05) is 17.5 Å². The highest BCUT2D eigenvalue weighted by atomic mass is 16.3. The van der Waals surface area contributed by atoms with Crippen molar-refractivity contribution in [2.24, 2.45) is 0 Å². The van der Waals surface area contributed by atoms with E-state index in [4.69, 9.17) is 5.26 Å². The van der Waals surface area contributed by atoms with Crippen molar-refractivity contribution in [2.45, 2.75) is 26.4 Å². The van der Waals surface area contributed by atoms with E-state index in [1.54, 1.807) is 0 Å². The van der Waals surface area contributed by atoms with Gasteiger partial charge >= 0.3 is 0 Å². The molecule has 0 spiro atoms. The molecule has 3 nitrogen and oxygen atoms in total. The third-order valence-electron chi connectivity index (χ3n) is 1.95. The molecule has 12 heavy (non-hydrogen) atoms. The molecule has 1 unspecified atom stereocenters. The number of aliphatic hydroxyl groups is 1. The molecular formula is C9H12N2O. The Labute approximate surface area is 71.7 Å². The molecule has 2 N–H and O–H groups in total. The summed E-state index contributed by atoms with van der Waals surface area (Å²) < 4.78 is 0. The summed E-state index contributed by atoms with van der Waals surface area (Å²) in [6.07, 6.45) is 1.34. The number of aliphatic hydroxyl groups excluding tert-OH is 1. The van der Waals surface area contributed by atoms with Gasteiger partial charge in [-0.3, -0.25) is 0 Å². The first kappa shape index (κ1) is 8.82. The summed E-state index contributed by atoms with van der Waals surface area (Å²) >= 11 is 0. The van der Waals surface area contributed by atoms with Gasteiger partial charge in [0.2, 0.25) is 0 Å². The van der Waals surface area contributed by atoms with Gasteiger partial charge in [-0.1, -0.05) is 0 Å². The Morgan fingerprint density at radius 2 is 2.33 bits per heavy atom.